The van der Waals surface area contributed by atoms with Gasteiger partial charge in [0.1, 0.15) is 19.3 Å². The quantitative estimate of drug-likeness (QED) is 0.0169. The molecule has 0 bridgehead atoms. The van der Waals surface area contributed by atoms with E-state index in [-0.39, 0.29) is 25.7 Å². The number of aliphatic hydroxyl groups excluding tert-OH is 1. The van der Waals surface area contributed by atoms with E-state index in [9.17, 15) is 43.2 Å². The lowest BCUT2D eigenvalue weighted by Gasteiger charge is -2.21. The van der Waals surface area contributed by atoms with Gasteiger partial charge < -0.3 is 33.8 Å². The molecule has 0 aromatic heterocycles. The summed E-state index contributed by atoms with van der Waals surface area (Å²) in [6.45, 7) is 4.57. The summed E-state index contributed by atoms with van der Waals surface area (Å²) in [5.41, 5.74) is 0. The van der Waals surface area contributed by atoms with Crippen molar-refractivity contribution in [3.63, 3.8) is 0 Å². The monoisotopic (exact) mass is 1470 g/mol. The number of hydrogen-bond acceptors (Lipinski definition) is 15. The summed E-state index contributed by atoms with van der Waals surface area (Å²) in [4.78, 5) is 73.0. The van der Waals surface area contributed by atoms with Crippen LogP contribution in [0, 0.1) is 0 Å². The van der Waals surface area contributed by atoms with Crippen LogP contribution in [0.2, 0.25) is 0 Å². The highest BCUT2D eigenvalue weighted by Gasteiger charge is 2.30. The van der Waals surface area contributed by atoms with Gasteiger partial charge in [0.05, 0.1) is 26.4 Å². The Labute approximate surface area is 619 Å². The van der Waals surface area contributed by atoms with Crippen molar-refractivity contribution >= 4 is 39.5 Å². The molecule has 0 radical (unpaired) electrons. The number of esters is 4. The molecule has 0 aromatic carbocycles. The van der Waals surface area contributed by atoms with Crippen molar-refractivity contribution in [2.24, 2.45) is 0 Å². The molecule has 0 heterocycles. The van der Waals surface area contributed by atoms with Crippen molar-refractivity contribution in [1.82, 2.24) is 0 Å². The van der Waals surface area contributed by atoms with E-state index < -0.39 is 97.5 Å². The molecule has 5 atom stereocenters. The molecule has 586 valence electrons. The maximum absolute atomic E-state index is 13.1. The number of unbranched alkanes of at least 4 members (excludes halogenated alkanes) is 28. The highest BCUT2D eigenvalue weighted by molar-refractivity contribution is 7.47. The SMILES string of the molecule is CC/C=C\C/C=C\C/C=C\C/C=C\CCCCCCC(=O)OCC(COP(=O)(O)OCC(O)COP(=O)(O)OCC(COC(=O)CCCCCCC/C=C\C/C=C\CCCCC)OC(=O)CCCCCCC/C=C\CCCCCCCC)OC(=O)CCCCCCC/C=C\C/C=C\C/C=C\CC. The van der Waals surface area contributed by atoms with E-state index in [0.29, 0.717) is 25.7 Å². The Kier molecular flexibility index (Phi) is 71.4. The van der Waals surface area contributed by atoms with Gasteiger partial charge in [-0.3, -0.25) is 37.3 Å². The molecule has 0 amide bonds. The topological polar surface area (TPSA) is 237 Å². The van der Waals surface area contributed by atoms with Crippen LogP contribution >= 0.6 is 15.6 Å². The first-order valence-corrected chi connectivity index (χ1v) is 42.8. The average molecular weight is 1470 g/mol. The van der Waals surface area contributed by atoms with Crippen LogP contribution in [-0.4, -0.2) is 96.7 Å². The Hall–Kier alpha value is -4.54. The summed E-state index contributed by atoms with van der Waals surface area (Å²) < 4.78 is 68.6. The number of carbonyl (C=O) groups is 4. The first kappa shape index (κ1) is 97.5. The molecule has 102 heavy (non-hydrogen) atoms. The van der Waals surface area contributed by atoms with Crippen LogP contribution in [-0.2, 0) is 65.4 Å². The van der Waals surface area contributed by atoms with Crippen LogP contribution in [0.5, 0.6) is 0 Å². The number of carbonyl (C=O) groups excluding carboxylic acids is 4. The normalized spacial score (nSPS) is 14.5. The van der Waals surface area contributed by atoms with E-state index in [1.165, 1.54) is 57.8 Å². The Morgan fingerprint density at radius 1 is 0.284 bits per heavy atom. The molecule has 0 rings (SSSR count). The van der Waals surface area contributed by atoms with Crippen LogP contribution in [0.25, 0.3) is 0 Å². The molecule has 5 unspecified atom stereocenters. The molecule has 0 aliphatic rings. The first-order valence-electron chi connectivity index (χ1n) is 39.8. The van der Waals surface area contributed by atoms with Gasteiger partial charge in [0.25, 0.3) is 0 Å². The summed E-state index contributed by atoms with van der Waals surface area (Å²) in [6, 6.07) is 0. The van der Waals surface area contributed by atoms with Crippen molar-refractivity contribution in [1.29, 1.82) is 0 Å². The molecule has 17 nitrogen and oxygen atoms in total. The van der Waals surface area contributed by atoms with Gasteiger partial charge in [-0.1, -0.05) is 265 Å². The summed E-state index contributed by atoms with van der Waals surface area (Å²) in [5, 5.41) is 10.6. The highest BCUT2D eigenvalue weighted by Crippen LogP contribution is 2.45. The van der Waals surface area contributed by atoms with Gasteiger partial charge in [-0.15, -0.1) is 0 Å². The number of ether oxygens (including phenoxy) is 4. The maximum Gasteiger partial charge on any atom is 0.472 e. The minimum atomic E-state index is -4.99. The predicted molar refractivity (Wildman–Crippen MR) is 418 cm³/mol. The number of allylic oxidation sites excluding steroid dienone is 20. The molecule has 0 spiro atoms. The van der Waals surface area contributed by atoms with E-state index >= 15 is 0 Å². The van der Waals surface area contributed by atoms with Gasteiger partial charge in [0.15, 0.2) is 12.2 Å². The lowest BCUT2D eigenvalue weighted by atomic mass is 10.1. The minimum absolute atomic E-state index is 0.0670. The maximum atomic E-state index is 13.1. The second-order valence-corrected chi connectivity index (χ2v) is 29.1. The number of phosphoric acid groups is 2. The Morgan fingerprint density at radius 3 is 0.814 bits per heavy atom. The zero-order valence-corrected chi connectivity index (χ0v) is 65.8. The molecule has 0 saturated carbocycles. The molecule has 0 saturated heterocycles. The minimum Gasteiger partial charge on any atom is -0.462 e. The fourth-order valence-electron chi connectivity index (χ4n) is 10.4. The smallest absolute Gasteiger partial charge is 0.462 e. The van der Waals surface area contributed by atoms with Gasteiger partial charge in [0, 0.05) is 25.7 Å². The number of hydrogen-bond donors (Lipinski definition) is 3. The van der Waals surface area contributed by atoms with E-state index in [1.54, 1.807) is 0 Å². The molecule has 3 N–H and O–H groups in total. The van der Waals surface area contributed by atoms with E-state index in [0.717, 1.165) is 186 Å². The number of aliphatic hydroxyl groups is 1. The van der Waals surface area contributed by atoms with Gasteiger partial charge in [-0.2, -0.15) is 0 Å². The largest absolute Gasteiger partial charge is 0.472 e. The van der Waals surface area contributed by atoms with E-state index in [1.807, 2.05) is 0 Å². The Morgan fingerprint density at radius 2 is 0.510 bits per heavy atom. The first-order chi connectivity index (χ1) is 49.7. The summed E-state index contributed by atoms with van der Waals surface area (Å²) in [7, 11) is -9.98. The van der Waals surface area contributed by atoms with Crippen molar-refractivity contribution in [3.05, 3.63) is 122 Å². The van der Waals surface area contributed by atoms with Gasteiger partial charge >= 0.3 is 39.5 Å². The molecular weight excluding hydrogens is 1330 g/mol. The zero-order valence-electron chi connectivity index (χ0n) is 64.0. The lowest BCUT2D eigenvalue weighted by molar-refractivity contribution is -0.161. The second kappa shape index (κ2) is 74.7. The predicted octanol–water partition coefficient (Wildman–Crippen LogP) is 23.1. The summed E-state index contributed by atoms with van der Waals surface area (Å²) >= 11 is 0. The number of phosphoric ester groups is 2. The van der Waals surface area contributed by atoms with E-state index in [2.05, 4.69) is 149 Å². The molecular formula is C83H142O17P2. The van der Waals surface area contributed by atoms with Crippen molar-refractivity contribution in [3.8, 4) is 0 Å². The van der Waals surface area contributed by atoms with Crippen LogP contribution in [0.1, 0.15) is 323 Å². The summed E-state index contributed by atoms with van der Waals surface area (Å²) in [6.07, 6.45) is 81.7. The van der Waals surface area contributed by atoms with Crippen molar-refractivity contribution < 1.29 is 80.2 Å². The zero-order chi connectivity index (χ0) is 74.6. The van der Waals surface area contributed by atoms with Crippen LogP contribution in [0.15, 0.2) is 122 Å². The van der Waals surface area contributed by atoms with Crippen molar-refractivity contribution in [2.45, 2.75) is 341 Å². The molecule has 19 heteroatoms. The number of rotatable bonds is 74. The molecule has 0 fully saturated rings. The molecule has 0 aliphatic carbocycles. The van der Waals surface area contributed by atoms with Gasteiger partial charge in [-0.05, 0) is 154 Å². The molecule has 0 aliphatic heterocycles. The third-order valence-electron chi connectivity index (χ3n) is 16.4. The lowest BCUT2D eigenvalue weighted by Crippen LogP contribution is -2.30. The Balaban J connectivity index is 5.41. The average Bonchev–Trinajstić information content (AvgIpc) is 0.923. The highest BCUT2D eigenvalue weighted by atomic mass is 31.2. The fourth-order valence-corrected chi connectivity index (χ4v) is 11.9. The third-order valence-corrected chi connectivity index (χ3v) is 18.3. The van der Waals surface area contributed by atoms with Crippen LogP contribution in [0.3, 0.4) is 0 Å². The van der Waals surface area contributed by atoms with Gasteiger partial charge in [0.2, 0.25) is 0 Å². The standard InChI is InChI=1S/C83H142O17P2/c1-5-9-13-17-21-25-29-33-37-38-42-44-48-52-56-60-64-68-81(86)94-74-79(100-83(88)70-66-62-58-54-50-46-41-36-32-28-24-20-16-12-8-4)76-98-102(91,92)96-72-77(84)71-95-101(89,90)97-75-78(99-82(87)69-65-61-57-53-49-45-40-35-31-27-23-19-15-11-7-3)73-93-80(85)67-63-59-55-51-47-43-39-34-30-26-22-18-14-10-6-2/h9,12-13,16,21-22,24-26,28,33-37,39-42,44,77-79,84H,5-8,10-11,14-15,17-20,23,27,29-32,38,43,45-76H2,1-4H3,(H,89,90)(H,91,92)/b13-9-,16-12-,25-21-,26-22-,28-24-,37-33-,39-34-,40-35-,41-36-,44-42-. The Bertz CT molecular complexity index is 2410. The van der Waals surface area contributed by atoms with E-state index in [4.69, 9.17) is 37.0 Å². The summed E-state index contributed by atoms with van der Waals surface area (Å²) in [5.74, 6) is -2.24. The molecule has 0 aromatic rings. The second-order valence-electron chi connectivity index (χ2n) is 26.2. The van der Waals surface area contributed by atoms with Crippen molar-refractivity contribution in [2.75, 3.05) is 39.6 Å². The fraction of sp³-hybridized carbons (Fsp3) is 0.711. The van der Waals surface area contributed by atoms with Gasteiger partial charge in [-0.25, -0.2) is 9.13 Å². The third kappa shape index (κ3) is 73.8. The van der Waals surface area contributed by atoms with Crippen LogP contribution < -0.4 is 0 Å². The van der Waals surface area contributed by atoms with Crippen LogP contribution in [0.4, 0.5) is 0 Å².